The number of ether oxygens (including phenoxy) is 2. The number of hydrogen-bond donors (Lipinski definition) is 3. The van der Waals surface area contributed by atoms with Crippen molar-refractivity contribution < 1.29 is 31.9 Å². The molecule has 0 bridgehead atoms. The highest BCUT2D eigenvalue weighted by Crippen LogP contribution is 2.27. The second-order valence-corrected chi connectivity index (χ2v) is 14.5. The molecule has 1 aliphatic heterocycles. The van der Waals surface area contributed by atoms with Crippen molar-refractivity contribution in [1.29, 1.82) is 0 Å². The summed E-state index contributed by atoms with van der Waals surface area (Å²) in [7, 11) is -4.05. The summed E-state index contributed by atoms with van der Waals surface area (Å²) in [6, 6.07) is 13.0. The van der Waals surface area contributed by atoms with E-state index in [0.717, 1.165) is 0 Å². The smallest absolute Gasteiger partial charge is 0.410 e. The molecule has 1 fully saturated rings. The zero-order valence-electron chi connectivity index (χ0n) is 26.7. The molecule has 0 aliphatic carbocycles. The maximum atomic E-state index is 13.9. The third-order valence-corrected chi connectivity index (χ3v) is 8.38. The van der Waals surface area contributed by atoms with Crippen LogP contribution >= 0.6 is 0 Å². The Kier molecular flexibility index (Phi) is 10.4. The summed E-state index contributed by atoms with van der Waals surface area (Å²) in [5.74, 6) is 0.381. The fourth-order valence-corrected chi connectivity index (χ4v) is 5.95. The SMILES string of the molecule is CC(C)(C)OC(=O)NCCN(C1CN(C(=O)OC(C)(C)C)C1)S(=O)(=O)c1ccc(Nc2nccc(Nc3ccc(F)cc3)n2)cc1. The lowest BCUT2D eigenvalue weighted by Crippen LogP contribution is -2.63. The van der Waals surface area contributed by atoms with Crippen molar-refractivity contribution >= 4 is 45.4 Å². The van der Waals surface area contributed by atoms with Crippen LogP contribution in [-0.4, -0.2) is 83.2 Å². The number of rotatable bonds is 10. The summed E-state index contributed by atoms with van der Waals surface area (Å²) in [6.07, 6.45) is 0.355. The van der Waals surface area contributed by atoms with E-state index in [1.807, 2.05) is 0 Å². The number of nitrogens with one attached hydrogen (secondary N) is 3. The van der Waals surface area contributed by atoms with Gasteiger partial charge in [0.15, 0.2) is 0 Å². The van der Waals surface area contributed by atoms with Gasteiger partial charge in [-0.1, -0.05) is 0 Å². The van der Waals surface area contributed by atoms with Crippen LogP contribution in [0.5, 0.6) is 0 Å². The Labute approximate surface area is 268 Å². The molecule has 2 amide bonds. The summed E-state index contributed by atoms with van der Waals surface area (Å²) in [5.41, 5.74) is -0.214. The lowest BCUT2D eigenvalue weighted by molar-refractivity contribution is -0.00333. The van der Waals surface area contributed by atoms with Crippen LogP contribution in [0.1, 0.15) is 41.5 Å². The molecule has 46 heavy (non-hydrogen) atoms. The monoisotopic (exact) mass is 657 g/mol. The Balaban J connectivity index is 1.45. The first kappa shape index (κ1) is 34.4. The average Bonchev–Trinajstić information content (AvgIpc) is 2.91. The number of anilines is 4. The highest BCUT2D eigenvalue weighted by molar-refractivity contribution is 7.89. The van der Waals surface area contributed by atoms with Gasteiger partial charge in [0.2, 0.25) is 16.0 Å². The fraction of sp³-hybridized carbons (Fsp3) is 0.419. The minimum Gasteiger partial charge on any atom is -0.444 e. The van der Waals surface area contributed by atoms with Crippen molar-refractivity contribution in [2.24, 2.45) is 0 Å². The standard InChI is InChI=1S/C31H40FN7O6S/c1-30(2,3)44-28(40)34-17-18-39(24-19-38(20-24)29(41)45-31(4,5)6)46(42,43)25-13-11-23(12-14-25)36-27-33-16-15-26(37-27)35-22-9-7-21(32)8-10-22/h7-16,24H,17-20H2,1-6H3,(H,34,40)(H2,33,35,36,37). The first-order valence-electron chi connectivity index (χ1n) is 14.7. The van der Waals surface area contributed by atoms with Gasteiger partial charge in [-0.15, -0.1) is 0 Å². The van der Waals surface area contributed by atoms with Gasteiger partial charge in [-0.25, -0.2) is 27.4 Å². The molecule has 4 rings (SSSR count). The van der Waals surface area contributed by atoms with Crippen molar-refractivity contribution in [3.8, 4) is 0 Å². The summed E-state index contributed by atoms with van der Waals surface area (Å²) in [6.45, 7) is 10.7. The van der Waals surface area contributed by atoms with Crippen LogP contribution in [0.25, 0.3) is 0 Å². The number of carbonyl (C=O) groups excluding carboxylic acids is 2. The minimum absolute atomic E-state index is 0.00361. The maximum absolute atomic E-state index is 13.9. The van der Waals surface area contributed by atoms with Crippen molar-refractivity contribution in [2.75, 3.05) is 36.8 Å². The second-order valence-electron chi connectivity index (χ2n) is 12.6. The van der Waals surface area contributed by atoms with Crippen LogP contribution in [0, 0.1) is 5.82 Å². The average molecular weight is 658 g/mol. The zero-order chi connectivity index (χ0) is 33.7. The van der Waals surface area contributed by atoms with Crippen LogP contribution in [0.4, 0.5) is 37.1 Å². The third kappa shape index (κ3) is 9.75. The number of carbonyl (C=O) groups is 2. The predicted octanol–water partition coefficient (Wildman–Crippen LogP) is 5.24. The predicted molar refractivity (Wildman–Crippen MR) is 171 cm³/mol. The highest BCUT2D eigenvalue weighted by Gasteiger charge is 2.42. The van der Waals surface area contributed by atoms with Gasteiger partial charge in [0.25, 0.3) is 0 Å². The maximum Gasteiger partial charge on any atom is 0.410 e. The summed E-state index contributed by atoms with van der Waals surface area (Å²) in [5, 5.41) is 8.71. The first-order valence-corrected chi connectivity index (χ1v) is 16.1. The molecule has 2 heterocycles. The number of benzene rings is 2. The summed E-state index contributed by atoms with van der Waals surface area (Å²) in [4.78, 5) is 34.8. The molecule has 0 radical (unpaired) electrons. The molecule has 0 spiro atoms. The number of halogens is 1. The Morgan fingerprint density at radius 1 is 0.913 bits per heavy atom. The quantitative estimate of drug-likeness (QED) is 0.264. The summed E-state index contributed by atoms with van der Waals surface area (Å²) >= 11 is 0. The van der Waals surface area contributed by atoms with Gasteiger partial charge < -0.3 is 30.3 Å². The minimum atomic E-state index is -4.05. The van der Waals surface area contributed by atoms with Gasteiger partial charge in [0, 0.05) is 43.8 Å². The third-order valence-electron chi connectivity index (χ3n) is 6.41. The van der Waals surface area contributed by atoms with E-state index in [0.29, 0.717) is 17.2 Å². The Morgan fingerprint density at radius 2 is 1.50 bits per heavy atom. The molecule has 1 saturated heterocycles. The van der Waals surface area contributed by atoms with E-state index in [-0.39, 0.29) is 42.8 Å². The van der Waals surface area contributed by atoms with E-state index >= 15 is 0 Å². The number of aromatic nitrogens is 2. The molecule has 1 aliphatic rings. The molecule has 0 atom stereocenters. The van der Waals surface area contributed by atoms with Crippen LogP contribution in [-0.2, 0) is 19.5 Å². The number of alkyl carbamates (subject to hydrolysis) is 1. The number of hydrogen-bond acceptors (Lipinski definition) is 10. The molecular weight excluding hydrogens is 617 g/mol. The van der Waals surface area contributed by atoms with Crippen molar-refractivity contribution in [3.63, 3.8) is 0 Å². The molecule has 0 unspecified atom stereocenters. The van der Waals surface area contributed by atoms with E-state index in [1.165, 1.54) is 33.5 Å². The van der Waals surface area contributed by atoms with Gasteiger partial charge in [-0.05, 0) is 96.1 Å². The molecular formula is C31H40FN7O6S. The van der Waals surface area contributed by atoms with Crippen molar-refractivity contribution in [3.05, 3.63) is 66.6 Å². The van der Waals surface area contributed by atoms with Crippen LogP contribution in [0.3, 0.4) is 0 Å². The van der Waals surface area contributed by atoms with Crippen LogP contribution < -0.4 is 16.0 Å². The van der Waals surface area contributed by atoms with Gasteiger partial charge in [0.05, 0.1) is 10.9 Å². The Morgan fingerprint density at radius 3 is 2.11 bits per heavy atom. The zero-order valence-corrected chi connectivity index (χ0v) is 27.5. The number of sulfonamides is 1. The van der Waals surface area contributed by atoms with Crippen molar-refractivity contribution in [1.82, 2.24) is 24.5 Å². The van der Waals surface area contributed by atoms with E-state index in [1.54, 1.807) is 78.1 Å². The van der Waals surface area contributed by atoms with E-state index in [2.05, 4.69) is 25.9 Å². The number of amides is 2. The number of likely N-dealkylation sites (tertiary alicyclic amines) is 1. The Bertz CT molecular complexity index is 1620. The van der Waals surface area contributed by atoms with Gasteiger partial charge in [-0.2, -0.15) is 9.29 Å². The van der Waals surface area contributed by atoms with E-state index in [9.17, 15) is 22.4 Å². The van der Waals surface area contributed by atoms with Crippen LogP contribution in [0.15, 0.2) is 65.7 Å². The Hall–Kier alpha value is -4.50. The van der Waals surface area contributed by atoms with Crippen LogP contribution in [0.2, 0.25) is 0 Å². The molecule has 2 aromatic carbocycles. The summed E-state index contributed by atoms with van der Waals surface area (Å²) < 4.78 is 52.9. The largest absolute Gasteiger partial charge is 0.444 e. The molecule has 248 valence electrons. The molecule has 3 aromatic rings. The molecule has 13 nitrogen and oxygen atoms in total. The molecule has 0 saturated carbocycles. The molecule has 3 N–H and O–H groups in total. The lowest BCUT2D eigenvalue weighted by atomic mass is 10.1. The number of nitrogens with zero attached hydrogens (tertiary/aromatic N) is 4. The second kappa shape index (κ2) is 13.9. The normalized spacial score (nSPS) is 14.0. The van der Waals surface area contributed by atoms with Gasteiger partial charge in [0.1, 0.15) is 22.8 Å². The fourth-order valence-electron chi connectivity index (χ4n) is 4.34. The lowest BCUT2D eigenvalue weighted by Gasteiger charge is -2.44. The van der Waals surface area contributed by atoms with Gasteiger partial charge >= 0.3 is 12.2 Å². The van der Waals surface area contributed by atoms with Crippen molar-refractivity contribution in [2.45, 2.75) is 63.7 Å². The van der Waals surface area contributed by atoms with E-state index in [4.69, 9.17) is 9.47 Å². The van der Waals surface area contributed by atoms with E-state index < -0.39 is 39.5 Å². The molecule has 15 heteroatoms. The molecule has 1 aromatic heterocycles. The topological polar surface area (TPSA) is 155 Å². The highest BCUT2D eigenvalue weighted by atomic mass is 32.2. The first-order chi connectivity index (χ1) is 21.5. The van der Waals surface area contributed by atoms with Gasteiger partial charge in [-0.3, -0.25) is 0 Å².